The minimum Gasteiger partial charge on any atom is -0.347 e. The smallest absolute Gasteiger partial charge is 0.313 e. The van der Waals surface area contributed by atoms with E-state index < -0.39 is 11.8 Å². The molecule has 0 radical (unpaired) electrons. The first-order chi connectivity index (χ1) is 11.0. The van der Waals surface area contributed by atoms with Crippen LogP contribution in [0.15, 0.2) is 42.5 Å². The Labute approximate surface area is 144 Å². The number of halogens is 2. The number of hydrogen-bond acceptors (Lipinski definition) is 2. The summed E-state index contributed by atoms with van der Waals surface area (Å²) in [6.07, 6.45) is 0.513. The zero-order chi connectivity index (χ0) is 16.8. The van der Waals surface area contributed by atoms with Crippen LogP contribution in [0.1, 0.15) is 11.1 Å². The molecule has 2 N–H and O–H groups in total. The van der Waals surface area contributed by atoms with Crippen molar-refractivity contribution in [3.63, 3.8) is 0 Å². The molecule has 0 spiro atoms. The number of anilines is 1. The van der Waals surface area contributed by atoms with E-state index in [0.717, 1.165) is 11.1 Å². The van der Waals surface area contributed by atoms with Gasteiger partial charge >= 0.3 is 11.8 Å². The van der Waals surface area contributed by atoms with Gasteiger partial charge in [-0.1, -0.05) is 47.0 Å². The third kappa shape index (κ3) is 5.27. The maximum absolute atomic E-state index is 11.8. The molecule has 0 heterocycles. The standard InChI is InChI=1S/C17H16Cl2N2O2/c1-11-2-6-14(7-3-11)21-17(23)16(22)20-9-8-12-4-5-13(18)10-15(12)19/h2-7,10H,8-9H2,1H3,(H,20,22)(H,21,23). The highest BCUT2D eigenvalue weighted by Gasteiger charge is 2.13. The Morgan fingerprint density at radius 3 is 2.35 bits per heavy atom. The van der Waals surface area contributed by atoms with E-state index >= 15 is 0 Å². The minimum atomic E-state index is -0.698. The average Bonchev–Trinajstić information content (AvgIpc) is 2.51. The molecule has 23 heavy (non-hydrogen) atoms. The normalized spacial score (nSPS) is 10.2. The van der Waals surface area contributed by atoms with Crippen LogP contribution in [-0.2, 0) is 16.0 Å². The maximum atomic E-state index is 11.8. The number of benzene rings is 2. The van der Waals surface area contributed by atoms with Gasteiger partial charge in [0.05, 0.1) is 0 Å². The molecule has 0 aliphatic carbocycles. The van der Waals surface area contributed by atoms with E-state index in [2.05, 4.69) is 10.6 Å². The van der Waals surface area contributed by atoms with Crippen LogP contribution < -0.4 is 10.6 Å². The van der Waals surface area contributed by atoms with Crippen molar-refractivity contribution in [1.29, 1.82) is 0 Å². The van der Waals surface area contributed by atoms with E-state index in [9.17, 15) is 9.59 Å². The molecule has 0 unspecified atom stereocenters. The summed E-state index contributed by atoms with van der Waals surface area (Å²) in [5, 5.41) is 6.20. The summed E-state index contributed by atoms with van der Waals surface area (Å²) < 4.78 is 0. The van der Waals surface area contributed by atoms with Crippen LogP contribution in [0.25, 0.3) is 0 Å². The number of hydrogen-bond donors (Lipinski definition) is 2. The molecule has 0 aliphatic heterocycles. The summed E-state index contributed by atoms with van der Waals surface area (Å²) >= 11 is 11.9. The molecule has 4 nitrogen and oxygen atoms in total. The van der Waals surface area contributed by atoms with Crippen molar-refractivity contribution in [3.8, 4) is 0 Å². The lowest BCUT2D eigenvalue weighted by Crippen LogP contribution is -2.36. The highest BCUT2D eigenvalue weighted by atomic mass is 35.5. The summed E-state index contributed by atoms with van der Waals surface area (Å²) in [5.74, 6) is -1.38. The molecule has 0 aliphatic rings. The number of carbonyl (C=O) groups is 2. The summed E-state index contributed by atoms with van der Waals surface area (Å²) in [6.45, 7) is 2.25. The van der Waals surface area contributed by atoms with Crippen molar-refractivity contribution in [2.75, 3.05) is 11.9 Å². The van der Waals surface area contributed by atoms with Crippen LogP contribution in [0.3, 0.4) is 0 Å². The lowest BCUT2D eigenvalue weighted by Gasteiger charge is -2.08. The van der Waals surface area contributed by atoms with Gasteiger partial charge < -0.3 is 10.6 Å². The van der Waals surface area contributed by atoms with Crippen LogP contribution in [-0.4, -0.2) is 18.4 Å². The second-order valence-electron chi connectivity index (χ2n) is 5.06. The molecule has 2 rings (SSSR count). The predicted molar refractivity (Wildman–Crippen MR) is 93.0 cm³/mol. The second-order valence-corrected chi connectivity index (χ2v) is 5.91. The first-order valence-electron chi connectivity index (χ1n) is 7.05. The summed E-state index contributed by atoms with van der Waals surface area (Å²) in [5.41, 5.74) is 2.51. The van der Waals surface area contributed by atoms with Gasteiger partial charge in [0, 0.05) is 22.3 Å². The SMILES string of the molecule is Cc1ccc(NC(=O)C(=O)NCCc2ccc(Cl)cc2Cl)cc1. The third-order valence-electron chi connectivity index (χ3n) is 3.21. The van der Waals surface area contributed by atoms with Crippen molar-refractivity contribution in [2.24, 2.45) is 0 Å². The lowest BCUT2D eigenvalue weighted by molar-refractivity contribution is -0.136. The molecule has 0 atom stereocenters. The van der Waals surface area contributed by atoms with Gasteiger partial charge in [-0.3, -0.25) is 9.59 Å². The van der Waals surface area contributed by atoms with Crippen molar-refractivity contribution in [2.45, 2.75) is 13.3 Å². The van der Waals surface area contributed by atoms with Crippen molar-refractivity contribution >= 4 is 40.7 Å². The zero-order valence-corrected chi connectivity index (χ0v) is 14.0. The van der Waals surface area contributed by atoms with Crippen LogP contribution >= 0.6 is 23.2 Å². The molecule has 120 valence electrons. The fraction of sp³-hybridized carbons (Fsp3) is 0.176. The molecule has 0 bridgehead atoms. The number of aryl methyl sites for hydroxylation is 1. The van der Waals surface area contributed by atoms with Crippen molar-refractivity contribution in [1.82, 2.24) is 5.32 Å². The maximum Gasteiger partial charge on any atom is 0.313 e. The highest BCUT2D eigenvalue weighted by Crippen LogP contribution is 2.21. The summed E-state index contributed by atoms with van der Waals surface area (Å²) in [7, 11) is 0. The van der Waals surface area contributed by atoms with E-state index in [-0.39, 0.29) is 0 Å². The van der Waals surface area contributed by atoms with E-state index in [1.165, 1.54) is 0 Å². The highest BCUT2D eigenvalue weighted by molar-refractivity contribution is 6.39. The predicted octanol–water partition coefficient (Wildman–Crippen LogP) is 3.60. The molecular formula is C17H16Cl2N2O2. The third-order valence-corrected chi connectivity index (χ3v) is 3.80. The number of carbonyl (C=O) groups excluding carboxylic acids is 2. The monoisotopic (exact) mass is 350 g/mol. The van der Waals surface area contributed by atoms with Gasteiger partial charge in [0.15, 0.2) is 0 Å². The van der Waals surface area contributed by atoms with Crippen LogP contribution in [0.5, 0.6) is 0 Å². The first-order valence-corrected chi connectivity index (χ1v) is 7.81. The van der Waals surface area contributed by atoms with Gasteiger partial charge in [-0.15, -0.1) is 0 Å². The topological polar surface area (TPSA) is 58.2 Å². The molecule has 0 fully saturated rings. The van der Waals surface area contributed by atoms with E-state index in [1.54, 1.807) is 30.3 Å². The van der Waals surface area contributed by atoms with Gasteiger partial charge in [0.2, 0.25) is 0 Å². The molecule has 0 saturated carbocycles. The van der Waals surface area contributed by atoms with Gasteiger partial charge in [0.1, 0.15) is 0 Å². The second kappa shape index (κ2) is 7.99. The Balaban J connectivity index is 1.82. The quantitative estimate of drug-likeness (QED) is 0.827. The van der Waals surface area contributed by atoms with Crippen molar-refractivity contribution < 1.29 is 9.59 Å². The Bertz CT molecular complexity index is 715. The van der Waals surface area contributed by atoms with Gasteiger partial charge in [-0.25, -0.2) is 0 Å². The van der Waals surface area contributed by atoms with Gasteiger partial charge in [-0.2, -0.15) is 0 Å². The fourth-order valence-electron chi connectivity index (χ4n) is 1.94. The molecule has 2 aromatic carbocycles. The molecule has 0 saturated heterocycles. The first kappa shape index (κ1) is 17.3. The van der Waals surface area contributed by atoms with E-state index in [1.807, 2.05) is 19.1 Å². The number of rotatable bonds is 4. The van der Waals surface area contributed by atoms with E-state index in [0.29, 0.717) is 28.7 Å². The Hall–Kier alpha value is -2.04. The Morgan fingerprint density at radius 2 is 1.70 bits per heavy atom. The van der Waals surface area contributed by atoms with Crippen molar-refractivity contribution in [3.05, 3.63) is 63.6 Å². The minimum absolute atomic E-state index is 0.307. The lowest BCUT2D eigenvalue weighted by atomic mass is 10.1. The Morgan fingerprint density at radius 1 is 1.00 bits per heavy atom. The summed E-state index contributed by atoms with van der Waals surface area (Å²) in [4.78, 5) is 23.6. The van der Waals surface area contributed by atoms with E-state index in [4.69, 9.17) is 23.2 Å². The fourth-order valence-corrected chi connectivity index (χ4v) is 2.44. The van der Waals surface area contributed by atoms with Crippen LogP contribution in [0.4, 0.5) is 5.69 Å². The summed E-state index contributed by atoms with van der Waals surface area (Å²) in [6, 6.07) is 12.4. The average molecular weight is 351 g/mol. The zero-order valence-electron chi connectivity index (χ0n) is 12.5. The van der Waals surface area contributed by atoms with Crippen LogP contribution in [0.2, 0.25) is 10.0 Å². The molecule has 2 amide bonds. The number of nitrogens with one attached hydrogen (secondary N) is 2. The largest absolute Gasteiger partial charge is 0.347 e. The molecule has 6 heteroatoms. The van der Waals surface area contributed by atoms with Gasteiger partial charge in [0.25, 0.3) is 0 Å². The molecular weight excluding hydrogens is 335 g/mol. The van der Waals surface area contributed by atoms with Gasteiger partial charge in [-0.05, 0) is 43.2 Å². The number of amides is 2. The molecule has 0 aromatic heterocycles. The Kier molecular flexibility index (Phi) is 6.02. The van der Waals surface area contributed by atoms with Crippen LogP contribution in [0, 0.1) is 6.92 Å². The molecule has 2 aromatic rings.